The summed E-state index contributed by atoms with van der Waals surface area (Å²) in [6.45, 7) is 4.98. The summed E-state index contributed by atoms with van der Waals surface area (Å²) >= 11 is 0. The van der Waals surface area contributed by atoms with Crippen LogP contribution < -0.4 is 10.4 Å². The number of hydrogen-bond acceptors (Lipinski definition) is 0. The Bertz CT molecular complexity index is 810. The first kappa shape index (κ1) is 11.9. The third kappa shape index (κ3) is 1.53. The Morgan fingerprint density at radius 2 is 1.35 bits per heavy atom. The average molecular weight is 274 g/mol. The van der Waals surface area contributed by atoms with Gasteiger partial charge in [0, 0.05) is 0 Å². The van der Waals surface area contributed by atoms with Crippen LogP contribution in [0.2, 0.25) is 13.1 Å². The first-order valence-corrected chi connectivity index (χ1v) is 10.3. The maximum absolute atomic E-state index is 2.49. The van der Waals surface area contributed by atoms with E-state index in [1.54, 1.807) is 10.4 Å². The summed E-state index contributed by atoms with van der Waals surface area (Å²) in [5.41, 5.74) is 3.01. The summed E-state index contributed by atoms with van der Waals surface area (Å²) in [4.78, 5) is 0. The molecule has 1 aliphatic heterocycles. The van der Waals surface area contributed by atoms with Crippen molar-refractivity contribution in [3.8, 4) is 0 Å². The standard InChI is InChI=1S/C19H18Si/c1-20(2)17-11-4-3-7-15(17)13-16-10-5-8-14-9-6-12-18(20)19(14)16/h3-12H,13H2,1-2H3. The number of fused-ring (bicyclic) bond motifs is 1. The maximum Gasteiger partial charge on any atom is 0.113 e. The number of hydrogen-bond donors (Lipinski definition) is 0. The molecule has 1 heteroatoms. The van der Waals surface area contributed by atoms with Gasteiger partial charge >= 0.3 is 0 Å². The van der Waals surface area contributed by atoms with Gasteiger partial charge < -0.3 is 0 Å². The molecule has 0 bridgehead atoms. The second-order valence-corrected chi connectivity index (χ2v) is 10.6. The van der Waals surface area contributed by atoms with Crippen LogP contribution in [0.1, 0.15) is 11.1 Å². The van der Waals surface area contributed by atoms with Crippen LogP contribution in [0.3, 0.4) is 0 Å². The molecule has 0 amide bonds. The average Bonchev–Trinajstić information content (AvgIpc) is 2.56. The van der Waals surface area contributed by atoms with E-state index in [4.69, 9.17) is 0 Å². The Hall–Kier alpha value is -1.86. The van der Waals surface area contributed by atoms with Gasteiger partial charge in [-0.15, -0.1) is 0 Å². The van der Waals surface area contributed by atoms with E-state index in [1.807, 2.05) is 0 Å². The molecule has 98 valence electrons. The van der Waals surface area contributed by atoms with Crippen molar-refractivity contribution in [1.82, 2.24) is 0 Å². The monoisotopic (exact) mass is 274 g/mol. The van der Waals surface area contributed by atoms with E-state index in [0.717, 1.165) is 6.42 Å². The van der Waals surface area contributed by atoms with Crippen LogP contribution in [0.25, 0.3) is 10.8 Å². The van der Waals surface area contributed by atoms with Crippen LogP contribution in [0, 0.1) is 0 Å². The normalized spacial score (nSPS) is 15.7. The van der Waals surface area contributed by atoms with Crippen LogP contribution in [0.4, 0.5) is 0 Å². The molecule has 0 spiro atoms. The van der Waals surface area contributed by atoms with E-state index < -0.39 is 8.07 Å². The van der Waals surface area contributed by atoms with Gasteiger partial charge in [0.15, 0.2) is 0 Å². The third-order valence-corrected chi connectivity index (χ3v) is 8.33. The molecule has 0 atom stereocenters. The van der Waals surface area contributed by atoms with Gasteiger partial charge in [-0.1, -0.05) is 78.9 Å². The zero-order chi connectivity index (χ0) is 13.7. The highest BCUT2D eigenvalue weighted by Gasteiger charge is 2.32. The molecule has 0 aromatic heterocycles. The van der Waals surface area contributed by atoms with Crippen molar-refractivity contribution in [2.24, 2.45) is 0 Å². The smallest absolute Gasteiger partial charge is 0.0623 e. The van der Waals surface area contributed by atoms with E-state index in [9.17, 15) is 0 Å². The molecule has 1 heterocycles. The molecule has 3 aromatic carbocycles. The molecule has 3 aromatic rings. The second-order valence-electron chi connectivity index (χ2n) is 6.28. The largest absolute Gasteiger partial charge is 0.113 e. The fraction of sp³-hybridized carbons (Fsp3) is 0.158. The minimum Gasteiger partial charge on any atom is -0.0623 e. The predicted octanol–water partition coefficient (Wildman–Crippen LogP) is 3.57. The molecule has 20 heavy (non-hydrogen) atoms. The van der Waals surface area contributed by atoms with E-state index in [1.165, 1.54) is 21.9 Å². The van der Waals surface area contributed by atoms with Gasteiger partial charge in [0.05, 0.1) is 0 Å². The molecular weight excluding hydrogens is 256 g/mol. The van der Waals surface area contributed by atoms with E-state index in [0.29, 0.717) is 0 Å². The maximum atomic E-state index is 2.49. The first-order valence-electron chi connectivity index (χ1n) is 7.27. The van der Waals surface area contributed by atoms with Gasteiger partial charge in [-0.05, 0) is 33.5 Å². The van der Waals surface area contributed by atoms with Crippen molar-refractivity contribution in [3.05, 3.63) is 71.8 Å². The lowest BCUT2D eigenvalue weighted by Gasteiger charge is -2.25. The Morgan fingerprint density at radius 3 is 2.20 bits per heavy atom. The van der Waals surface area contributed by atoms with Crippen LogP contribution in [-0.4, -0.2) is 8.07 Å². The Kier molecular flexibility index (Phi) is 2.42. The summed E-state index contributed by atoms with van der Waals surface area (Å²) in [5, 5.41) is 6.11. The topological polar surface area (TPSA) is 0 Å². The molecule has 4 rings (SSSR count). The lowest BCUT2D eigenvalue weighted by Crippen LogP contribution is -2.53. The summed E-state index contributed by atoms with van der Waals surface area (Å²) in [6, 6.07) is 22.6. The molecule has 0 unspecified atom stereocenters. The van der Waals surface area contributed by atoms with E-state index >= 15 is 0 Å². The highest BCUT2D eigenvalue weighted by molar-refractivity contribution is 7.02. The van der Waals surface area contributed by atoms with Gasteiger partial charge in [-0.3, -0.25) is 0 Å². The molecule has 0 saturated heterocycles. The minimum absolute atomic E-state index is 1.07. The quantitative estimate of drug-likeness (QED) is 0.550. The highest BCUT2D eigenvalue weighted by Crippen LogP contribution is 2.26. The van der Waals surface area contributed by atoms with Crippen molar-refractivity contribution in [3.63, 3.8) is 0 Å². The minimum atomic E-state index is -1.61. The van der Waals surface area contributed by atoms with E-state index in [-0.39, 0.29) is 0 Å². The predicted molar refractivity (Wildman–Crippen MR) is 89.9 cm³/mol. The molecule has 0 N–H and O–H groups in total. The number of rotatable bonds is 0. The molecule has 0 fully saturated rings. The van der Waals surface area contributed by atoms with Crippen molar-refractivity contribution in [2.45, 2.75) is 19.5 Å². The molecule has 0 radical (unpaired) electrons. The second kappa shape index (κ2) is 4.06. The Morgan fingerprint density at radius 1 is 0.700 bits per heavy atom. The van der Waals surface area contributed by atoms with Gasteiger partial charge in [-0.2, -0.15) is 0 Å². The van der Waals surface area contributed by atoms with Crippen LogP contribution in [0.15, 0.2) is 60.7 Å². The molecule has 0 saturated carbocycles. The van der Waals surface area contributed by atoms with Crippen molar-refractivity contribution < 1.29 is 0 Å². The number of benzene rings is 3. The summed E-state index contributed by atoms with van der Waals surface area (Å²) in [7, 11) is -1.61. The lowest BCUT2D eigenvalue weighted by molar-refractivity contribution is 1.23. The van der Waals surface area contributed by atoms with Crippen molar-refractivity contribution >= 4 is 29.2 Å². The van der Waals surface area contributed by atoms with Crippen molar-refractivity contribution in [2.75, 3.05) is 0 Å². The Balaban J connectivity index is 2.18. The van der Waals surface area contributed by atoms with E-state index in [2.05, 4.69) is 73.8 Å². The molecule has 1 aliphatic rings. The van der Waals surface area contributed by atoms with Gasteiger partial charge in [0.25, 0.3) is 0 Å². The van der Waals surface area contributed by atoms with Crippen molar-refractivity contribution in [1.29, 1.82) is 0 Å². The van der Waals surface area contributed by atoms with Crippen LogP contribution >= 0.6 is 0 Å². The first-order chi connectivity index (χ1) is 9.68. The molecule has 0 nitrogen and oxygen atoms in total. The lowest BCUT2D eigenvalue weighted by atomic mass is 9.99. The van der Waals surface area contributed by atoms with Crippen LogP contribution in [0.5, 0.6) is 0 Å². The summed E-state index contributed by atoms with van der Waals surface area (Å²) < 4.78 is 0. The fourth-order valence-electron chi connectivity index (χ4n) is 3.72. The van der Waals surface area contributed by atoms with Crippen LogP contribution in [-0.2, 0) is 6.42 Å². The molecular formula is C19H18Si. The summed E-state index contributed by atoms with van der Waals surface area (Å²) in [5.74, 6) is 0. The zero-order valence-electron chi connectivity index (χ0n) is 12.0. The Labute approximate surface area is 121 Å². The third-order valence-electron chi connectivity index (χ3n) is 4.74. The summed E-state index contributed by atoms with van der Waals surface area (Å²) in [6.07, 6.45) is 1.07. The van der Waals surface area contributed by atoms with Gasteiger partial charge in [0.2, 0.25) is 0 Å². The SMILES string of the molecule is C[Si]1(C)c2ccccc2Cc2cccc3cccc1c23. The highest BCUT2D eigenvalue weighted by atomic mass is 28.3. The van der Waals surface area contributed by atoms with Gasteiger partial charge in [-0.25, -0.2) is 0 Å². The van der Waals surface area contributed by atoms with Gasteiger partial charge in [0.1, 0.15) is 8.07 Å². The zero-order valence-corrected chi connectivity index (χ0v) is 13.0. The molecule has 0 aliphatic carbocycles. The fourth-order valence-corrected chi connectivity index (χ4v) is 6.94.